The number of allylic oxidation sites excluding steroid dienone is 2. The highest BCUT2D eigenvalue weighted by Crippen LogP contribution is 2.46. The lowest BCUT2D eigenvalue weighted by molar-refractivity contribution is -0.122. The summed E-state index contributed by atoms with van der Waals surface area (Å²) in [4.78, 5) is 25.8. The second kappa shape index (κ2) is 8.22. The molecule has 2 aliphatic rings. The first-order chi connectivity index (χ1) is 14.5. The molecule has 156 valence electrons. The zero-order valence-electron chi connectivity index (χ0n) is 17.4. The minimum Gasteiger partial charge on any atom is -0.497 e. The number of hydrogen-bond acceptors (Lipinski definition) is 5. The molecule has 1 aliphatic heterocycles. The van der Waals surface area contributed by atoms with Gasteiger partial charge in [-0.2, -0.15) is 0 Å². The summed E-state index contributed by atoms with van der Waals surface area (Å²) in [5.74, 6) is 1.58. The quantitative estimate of drug-likeness (QED) is 0.818. The summed E-state index contributed by atoms with van der Waals surface area (Å²) in [6.45, 7) is 0. The van der Waals surface area contributed by atoms with E-state index in [1.807, 2.05) is 42.5 Å². The molecule has 4 rings (SSSR count). The van der Waals surface area contributed by atoms with E-state index in [-0.39, 0.29) is 29.9 Å². The molecule has 0 aromatic heterocycles. The molecule has 1 N–H and O–H groups in total. The molecule has 0 radical (unpaired) electrons. The summed E-state index contributed by atoms with van der Waals surface area (Å²) in [6.07, 6.45) is 1.23. The number of nitrogens with one attached hydrogen (secondary N) is 1. The first-order valence-electron chi connectivity index (χ1n) is 9.96. The number of benzene rings is 2. The maximum Gasteiger partial charge on any atom is 0.225 e. The van der Waals surface area contributed by atoms with E-state index < -0.39 is 0 Å². The first-order valence-corrected chi connectivity index (χ1v) is 9.96. The molecule has 2 unspecified atom stereocenters. The van der Waals surface area contributed by atoms with Crippen molar-refractivity contribution in [1.29, 1.82) is 0 Å². The van der Waals surface area contributed by atoms with Gasteiger partial charge in [-0.15, -0.1) is 0 Å². The molecular weight excluding hydrogens is 382 g/mol. The van der Waals surface area contributed by atoms with E-state index in [0.717, 1.165) is 22.6 Å². The van der Waals surface area contributed by atoms with Gasteiger partial charge in [-0.05, 0) is 36.1 Å². The van der Waals surface area contributed by atoms with Crippen LogP contribution in [0.15, 0.2) is 53.7 Å². The third kappa shape index (κ3) is 3.54. The molecule has 2 atom stereocenters. The van der Waals surface area contributed by atoms with Crippen molar-refractivity contribution < 1.29 is 23.8 Å². The molecule has 2 aromatic carbocycles. The van der Waals surface area contributed by atoms with E-state index in [1.54, 1.807) is 21.3 Å². The molecule has 0 saturated heterocycles. The van der Waals surface area contributed by atoms with Crippen LogP contribution < -0.4 is 19.5 Å². The molecule has 0 bridgehead atoms. The monoisotopic (exact) mass is 407 g/mol. The zero-order chi connectivity index (χ0) is 21.3. The summed E-state index contributed by atoms with van der Waals surface area (Å²) < 4.78 is 16.2. The number of ether oxygens (including phenoxy) is 3. The highest BCUT2D eigenvalue weighted by Gasteiger charge is 2.39. The SMILES string of the molecule is COc1ccc(C2CC(=O)C3=C(C2)NC(=O)CC3c2cccc(OC)c2OC)cc1. The van der Waals surface area contributed by atoms with Crippen molar-refractivity contribution in [2.75, 3.05) is 21.3 Å². The summed E-state index contributed by atoms with van der Waals surface area (Å²) >= 11 is 0. The smallest absolute Gasteiger partial charge is 0.225 e. The topological polar surface area (TPSA) is 73.9 Å². The number of carbonyl (C=O) groups excluding carboxylic acids is 2. The van der Waals surface area contributed by atoms with Crippen molar-refractivity contribution in [3.8, 4) is 17.2 Å². The van der Waals surface area contributed by atoms with E-state index in [2.05, 4.69) is 5.32 Å². The molecular formula is C24H25NO5. The Hall–Kier alpha value is -3.28. The molecule has 30 heavy (non-hydrogen) atoms. The Kier molecular flexibility index (Phi) is 5.48. The van der Waals surface area contributed by atoms with Crippen LogP contribution in [0.25, 0.3) is 0 Å². The summed E-state index contributed by atoms with van der Waals surface area (Å²) in [5.41, 5.74) is 3.27. The lowest BCUT2D eigenvalue weighted by Gasteiger charge is -2.35. The van der Waals surface area contributed by atoms with Crippen molar-refractivity contribution in [2.24, 2.45) is 0 Å². The fourth-order valence-electron chi connectivity index (χ4n) is 4.52. The first kappa shape index (κ1) is 20.0. The molecule has 0 spiro atoms. The predicted molar refractivity (Wildman–Crippen MR) is 112 cm³/mol. The third-order valence-corrected chi connectivity index (χ3v) is 5.93. The van der Waals surface area contributed by atoms with E-state index in [9.17, 15) is 9.59 Å². The van der Waals surface area contributed by atoms with E-state index in [4.69, 9.17) is 14.2 Å². The van der Waals surface area contributed by atoms with Crippen LogP contribution >= 0.6 is 0 Å². The van der Waals surface area contributed by atoms with Crippen molar-refractivity contribution in [2.45, 2.75) is 31.1 Å². The Bertz CT molecular complexity index is 1010. The lowest BCUT2D eigenvalue weighted by atomic mass is 9.73. The van der Waals surface area contributed by atoms with Gasteiger partial charge in [-0.1, -0.05) is 24.3 Å². The minimum atomic E-state index is -0.344. The number of carbonyl (C=O) groups is 2. The Balaban J connectivity index is 1.73. The van der Waals surface area contributed by atoms with Crippen LogP contribution in [0.1, 0.15) is 42.2 Å². The van der Waals surface area contributed by atoms with E-state index in [0.29, 0.717) is 29.9 Å². The van der Waals surface area contributed by atoms with Gasteiger partial charge in [0.1, 0.15) is 5.75 Å². The molecule has 1 amide bonds. The Morgan fingerprint density at radius 2 is 1.63 bits per heavy atom. The number of hydrogen-bond donors (Lipinski definition) is 1. The van der Waals surface area contributed by atoms with Gasteiger partial charge in [0.15, 0.2) is 17.3 Å². The lowest BCUT2D eigenvalue weighted by Crippen LogP contribution is -2.38. The van der Waals surface area contributed by atoms with Crippen molar-refractivity contribution in [3.63, 3.8) is 0 Å². The minimum absolute atomic E-state index is 0.0217. The van der Waals surface area contributed by atoms with Gasteiger partial charge in [-0.25, -0.2) is 0 Å². The van der Waals surface area contributed by atoms with Gasteiger partial charge in [0, 0.05) is 35.6 Å². The highest BCUT2D eigenvalue weighted by atomic mass is 16.5. The second-order valence-electron chi connectivity index (χ2n) is 7.58. The van der Waals surface area contributed by atoms with Crippen molar-refractivity contribution in [1.82, 2.24) is 5.32 Å². The van der Waals surface area contributed by atoms with Crippen molar-refractivity contribution >= 4 is 11.7 Å². The number of para-hydroxylation sites is 1. The van der Waals surface area contributed by atoms with Gasteiger partial charge in [0.05, 0.1) is 21.3 Å². The van der Waals surface area contributed by atoms with Crippen LogP contribution in [0.5, 0.6) is 17.2 Å². The standard InChI is InChI=1S/C24H25NO5/c1-28-16-9-7-14(8-10-16)15-11-19-23(20(26)12-15)18(13-22(27)25-19)17-5-4-6-21(29-2)24(17)30-3/h4-10,15,18H,11-13H2,1-3H3,(H,25,27). The van der Waals surface area contributed by atoms with Crippen LogP contribution in [-0.4, -0.2) is 33.0 Å². The zero-order valence-corrected chi connectivity index (χ0v) is 17.4. The second-order valence-corrected chi connectivity index (χ2v) is 7.58. The van der Waals surface area contributed by atoms with Crippen LogP contribution in [0.4, 0.5) is 0 Å². The van der Waals surface area contributed by atoms with Crippen LogP contribution in [0.2, 0.25) is 0 Å². The average Bonchev–Trinajstić information content (AvgIpc) is 2.77. The molecule has 0 fully saturated rings. The summed E-state index contributed by atoms with van der Waals surface area (Å²) in [7, 11) is 4.77. The van der Waals surface area contributed by atoms with E-state index in [1.165, 1.54) is 0 Å². The number of methoxy groups -OCH3 is 3. The molecule has 1 aliphatic carbocycles. The third-order valence-electron chi connectivity index (χ3n) is 5.93. The summed E-state index contributed by atoms with van der Waals surface area (Å²) in [5, 5.41) is 2.96. The van der Waals surface area contributed by atoms with Gasteiger partial charge in [0.2, 0.25) is 5.91 Å². The molecule has 0 saturated carbocycles. The van der Waals surface area contributed by atoms with E-state index >= 15 is 0 Å². The predicted octanol–water partition coefficient (Wildman–Crippen LogP) is 3.72. The number of amides is 1. The number of rotatable bonds is 5. The normalized spacial score (nSPS) is 21.0. The van der Waals surface area contributed by atoms with Crippen LogP contribution in [-0.2, 0) is 9.59 Å². The largest absolute Gasteiger partial charge is 0.497 e. The number of ketones is 1. The maximum atomic E-state index is 13.3. The Morgan fingerprint density at radius 1 is 0.867 bits per heavy atom. The van der Waals surface area contributed by atoms with Gasteiger partial charge in [0.25, 0.3) is 0 Å². The van der Waals surface area contributed by atoms with Crippen molar-refractivity contribution in [3.05, 3.63) is 64.9 Å². The van der Waals surface area contributed by atoms with Crippen LogP contribution in [0, 0.1) is 0 Å². The maximum absolute atomic E-state index is 13.3. The van der Waals surface area contributed by atoms with Gasteiger partial charge >= 0.3 is 0 Å². The number of Topliss-reactive ketones (excluding diaryl/α,β-unsaturated/α-hetero) is 1. The fourth-order valence-corrected chi connectivity index (χ4v) is 4.52. The molecule has 1 heterocycles. The average molecular weight is 407 g/mol. The fraction of sp³-hybridized carbons (Fsp3) is 0.333. The highest BCUT2D eigenvalue weighted by molar-refractivity contribution is 6.02. The Labute approximate surface area is 175 Å². The molecule has 6 heteroatoms. The Morgan fingerprint density at radius 3 is 2.30 bits per heavy atom. The van der Waals surface area contributed by atoms with Gasteiger partial charge < -0.3 is 19.5 Å². The van der Waals surface area contributed by atoms with Gasteiger partial charge in [-0.3, -0.25) is 9.59 Å². The van der Waals surface area contributed by atoms with Crippen LogP contribution in [0.3, 0.4) is 0 Å². The molecule has 6 nitrogen and oxygen atoms in total. The summed E-state index contributed by atoms with van der Waals surface area (Å²) in [6, 6.07) is 13.3. The molecule has 2 aromatic rings.